The van der Waals surface area contributed by atoms with Crippen molar-refractivity contribution in [3.05, 3.63) is 308 Å². The van der Waals surface area contributed by atoms with Crippen LogP contribution < -0.4 is 40.2 Å². The number of fused-ring (bicyclic) bond motifs is 4. The lowest BCUT2D eigenvalue weighted by atomic mass is 10.0. The molecule has 139 heavy (non-hydrogen) atoms. The van der Waals surface area contributed by atoms with Gasteiger partial charge in [-0.25, -0.2) is 13.3 Å². The Hall–Kier alpha value is -12.8. The van der Waals surface area contributed by atoms with Crippen molar-refractivity contribution in [3.8, 4) is 23.0 Å². The van der Waals surface area contributed by atoms with Crippen LogP contribution in [0, 0.1) is 0 Å². The number of likely N-dealkylation sites (tertiary alicyclic amines) is 2. The van der Waals surface area contributed by atoms with E-state index >= 15 is 0 Å². The van der Waals surface area contributed by atoms with Gasteiger partial charge in [0.15, 0.2) is 0 Å². The minimum atomic E-state index is -3.13. The molecule has 8 fully saturated rings. The van der Waals surface area contributed by atoms with Gasteiger partial charge in [0.2, 0.25) is 33.7 Å². The van der Waals surface area contributed by atoms with Crippen LogP contribution in [0.5, 0.6) is 23.0 Å². The van der Waals surface area contributed by atoms with E-state index in [4.69, 9.17) is 18.9 Å². The van der Waals surface area contributed by atoms with Gasteiger partial charge >= 0.3 is 6.05 Å². The number of amides is 8. The minimum Gasteiger partial charge on any atom is -0.489 e. The number of likely N-dealkylation sites (N-methyl/N-ethyl adjacent to an activating group) is 1. The first kappa shape index (κ1) is 97.9. The monoisotopic (exact) mass is 1910 g/mol. The third-order valence-corrected chi connectivity index (χ3v) is 29.6. The zero-order valence-corrected chi connectivity index (χ0v) is 80.1. The number of hydrogen-bond acceptors (Lipinski definition) is 19. The van der Waals surface area contributed by atoms with E-state index in [1.54, 1.807) is 37.8 Å². The molecule has 20 rings (SSSR count). The van der Waals surface area contributed by atoms with Gasteiger partial charge in [0.1, 0.15) is 73.6 Å². The molecule has 12 heterocycles. The molecule has 8 amide bonds. The molecular formula is C108H124F2N14O14S. The van der Waals surface area contributed by atoms with Gasteiger partial charge in [0.25, 0.3) is 23.6 Å². The number of sulfonamides is 1. The zero-order chi connectivity index (χ0) is 97.2. The van der Waals surface area contributed by atoms with Crippen molar-refractivity contribution in [3.63, 3.8) is 0 Å². The highest BCUT2D eigenvalue weighted by atomic mass is 32.2. The topological polar surface area (TPSA) is 288 Å². The van der Waals surface area contributed by atoms with Gasteiger partial charge in [-0.05, 0) is 190 Å². The molecule has 0 aromatic heterocycles. The Morgan fingerprint density at radius 2 is 0.604 bits per heavy atom. The Bertz CT molecular complexity index is 6080. The second kappa shape index (κ2) is 43.7. The number of alkyl halides is 2. The maximum atomic E-state index is 14.1. The summed E-state index contributed by atoms with van der Waals surface area (Å²) in [4.78, 5) is 119. The molecule has 730 valence electrons. The quantitative estimate of drug-likeness (QED) is 0.0387. The van der Waals surface area contributed by atoms with Crippen molar-refractivity contribution < 1.29 is 74.5 Å². The lowest BCUT2D eigenvalue weighted by molar-refractivity contribution is -0.171. The molecule has 31 heteroatoms. The fourth-order valence-corrected chi connectivity index (χ4v) is 21.0. The van der Waals surface area contributed by atoms with Gasteiger partial charge in [-0.2, -0.15) is 13.1 Å². The SMILES string of the molecule is C=C1CCC(N2Cc3c(OCc4ccc(CN5CCCCC5(F)F)cc4)cccc3C2=O)C(=O)N1.C=C1CCC(N2Cc3c(OCc4ccc(CN5CCCCC5)cc4)cccc3C2=O)C(=O)N1.C=C1CCC(N2Cc3c(OCc4ccc(CN5CCN(C)CC5)cc4)cccc3C2=O)C(=O)N1.C=C1CCC(N2Cc3c(OCc4ccc(CN5CCN(S(C)(=O)=O)CC5)cc4)cccc3C2=O)C(=O)N1. The van der Waals surface area contributed by atoms with Crippen molar-refractivity contribution in [2.24, 2.45) is 0 Å². The number of hydrogen-bond donors (Lipinski definition) is 4. The van der Waals surface area contributed by atoms with Crippen molar-refractivity contribution in [2.75, 3.05) is 85.3 Å². The third-order valence-electron chi connectivity index (χ3n) is 28.3. The number of nitrogens with zero attached hydrogens (tertiary/aromatic N) is 10. The molecule has 0 bridgehead atoms. The van der Waals surface area contributed by atoms with Crippen LogP contribution in [-0.2, 0) is 108 Å². The first-order valence-electron chi connectivity index (χ1n) is 48.5. The molecule has 0 aliphatic carbocycles. The number of nitrogens with one attached hydrogen (secondary N) is 4. The van der Waals surface area contributed by atoms with Gasteiger partial charge in [-0.1, -0.05) is 154 Å². The van der Waals surface area contributed by atoms with Gasteiger partial charge in [0.05, 0.1) is 32.4 Å². The summed E-state index contributed by atoms with van der Waals surface area (Å²) in [5.41, 5.74) is 17.2. The molecule has 4 N–H and O–H groups in total. The lowest BCUT2D eigenvalue weighted by Crippen LogP contribution is -2.49. The molecule has 12 aliphatic heterocycles. The molecule has 4 unspecified atom stereocenters. The van der Waals surface area contributed by atoms with Crippen LogP contribution in [0.1, 0.15) is 198 Å². The summed E-state index contributed by atoms with van der Waals surface area (Å²) in [6.45, 7) is 30.9. The van der Waals surface area contributed by atoms with E-state index < -0.39 is 40.2 Å². The van der Waals surface area contributed by atoms with Crippen LogP contribution in [0.15, 0.2) is 219 Å². The summed E-state index contributed by atoms with van der Waals surface area (Å²) in [5.74, 6) is 1.45. The molecule has 8 aromatic rings. The Morgan fingerprint density at radius 3 is 0.885 bits per heavy atom. The summed E-state index contributed by atoms with van der Waals surface area (Å²) in [6.07, 6.45) is 11.5. The van der Waals surface area contributed by atoms with E-state index in [0.29, 0.717) is 205 Å². The van der Waals surface area contributed by atoms with Gasteiger partial charge < -0.3 is 64.7 Å². The predicted octanol–water partition coefficient (Wildman–Crippen LogP) is 13.4. The van der Waals surface area contributed by atoms with Crippen molar-refractivity contribution in [2.45, 2.75) is 199 Å². The lowest BCUT2D eigenvalue weighted by Gasteiger charge is -2.35. The van der Waals surface area contributed by atoms with Crippen molar-refractivity contribution in [1.29, 1.82) is 0 Å². The van der Waals surface area contributed by atoms with Crippen molar-refractivity contribution in [1.82, 2.24) is 69.7 Å². The minimum absolute atomic E-state index is 0.0824. The van der Waals surface area contributed by atoms with Crippen LogP contribution in [0.3, 0.4) is 0 Å². The number of allylic oxidation sites excluding steroid dienone is 4. The molecular weight excluding hydrogens is 1790 g/mol. The fraction of sp³-hybridized carbons (Fsp3) is 0.407. The highest BCUT2D eigenvalue weighted by Gasteiger charge is 2.45. The van der Waals surface area contributed by atoms with Crippen LogP contribution in [0.25, 0.3) is 0 Å². The summed E-state index contributed by atoms with van der Waals surface area (Å²) >= 11 is 0. The number of carbonyl (C=O) groups is 8. The standard InChI is InChI=1S/C27H29F2N3O3.C27H32N4O5S.C27H32N4O3.C27H31N3O3/c1-18-7-12-23(25(33)30-18)32-16-22-21(26(32)34)5-4-6-24(22)35-17-20-10-8-19(9-11-20)15-31-14-3-2-13-27(31,28)29;1-19-6-11-24(26(32)28-19)31-17-23-22(27(31)33)4-3-5-25(23)36-18-21-9-7-20(8-10-21)16-29-12-14-30(15-13-29)37(2,34)35;1-19-6-11-24(26(32)28-19)31-17-23-22(27(31)33)4-3-5-25(23)34-18-21-9-7-20(8-10-21)16-30-14-12-29(2)13-15-30;1-19-8-13-24(26(31)28-19)30-17-23-22(27(30)32)6-5-7-25(23)33-18-21-11-9-20(10-12-21)16-29-14-3-2-4-15-29/h4-6,8-11,23H,1-3,7,12-17H2,(H,30,33);3-5,7-10,24H,1,6,11-18H2,2H3,(H,28,32);3-5,7-10,24H,1,6,11-18H2,2H3,(H,28,32);5-7,9-12,24H,1-4,8,13-18H2,(H,28,31). The van der Waals surface area contributed by atoms with Crippen LogP contribution in [0.2, 0.25) is 0 Å². The maximum absolute atomic E-state index is 14.1. The molecule has 0 radical (unpaired) electrons. The Morgan fingerprint density at radius 1 is 0.338 bits per heavy atom. The average molecular weight is 1910 g/mol. The first-order chi connectivity index (χ1) is 67.1. The molecule has 28 nitrogen and oxygen atoms in total. The largest absolute Gasteiger partial charge is 0.489 e. The molecule has 8 aromatic carbocycles. The summed E-state index contributed by atoms with van der Waals surface area (Å²) in [6, 6.07) is 50.2. The smallest absolute Gasteiger partial charge is 0.305 e. The Balaban J connectivity index is 0.000000128. The normalized spacial score (nSPS) is 21.5. The number of ether oxygens (including phenoxy) is 4. The molecule has 8 saturated heterocycles. The third kappa shape index (κ3) is 23.7. The van der Waals surface area contributed by atoms with E-state index in [9.17, 15) is 55.6 Å². The van der Waals surface area contributed by atoms with E-state index in [2.05, 4.69) is 135 Å². The Labute approximate surface area is 812 Å². The number of carbonyl (C=O) groups excluding carboxylic acids is 8. The van der Waals surface area contributed by atoms with Gasteiger partial charge in [0, 0.05) is 159 Å². The maximum Gasteiger partial charge on any atom is 0.305 e. The van der Waals surface area contributed by atoms with Gasteiger partial charge in [-0.3, -0.25) is 53.1 Å². The highest BCUT2D eigenvalue weighted by Crippen LogP contribution is 2.41. The van der Waals surface area contributed by atoms with Crippen LogP contribution in [0.4, 0.5) is 8.78 Å². The number of rotatable bonds is 25. The van der Waals surface area contributed by atoms with E-state index in [0.717, 1.165) is 108 Å². The fourth-order valence-electron chi connectivity index (χ4n) is 20.2. The van der Waals surface area contributed by atoms with Crippen LogP contribution >= 0.6 is 0 Å². The molecule has 4 atom stereocenters. The second-order valence-corrected chi connectivity index (χ2v) is 40.3. The predicted molar refractivity (Wildman–Crippen MR) is 522 cm³/mol. The van der Waals surface area contributed by atoms with E-state index in [1.165, 1.54) is 58.9 Å². The average Bonchev–Trinajstić information content (AvgIpc) is 1.64. The number of piperidine rings is 6. The van der Waals surface area contributed by atoms with E-state index in [1.807, 2.05) is 91.0 Å². The van der Waals surface area contributed by atoms with Crippen LogP contribution in [-0.4, -0.2) is 220 Å². The summed E-state index contributed by atoms with van der Waals surface area (Å²) < 4.78 is 77.7. The van der Waals surface area contributed by atoms with E-state index in [-0.39, 0.29) is 66.8 Å². The molecule has 0 spiro atoms. The Kier molecular flexibility index (Phi) is 30.8. The number of piperazine rings is 2. The molecule has 12 aliphatic rings. The number of benzene rings is 8. The highest BCUT2D eigenvalue weighted by molar-refractivity contribution is 7.88. The molecule has 0 saturated carbocycles. The summed E-state index contributed by atoms with van der Waals surface area (Å²) in [7, 11) is -0.955. The number of halogens is 2. The van der Waals surface area contributed by atoms with Crippen molar-refractivity contribution >= 4 is 57.3 Å². The zero-order valence-electron chi connectivity index (χ0n) is 79.3. The second-order valence-electron chi connectivity index (χ2n) is 38.3. The summed E-state index contributed by atoms with van der Waals surface area (Å²) in [5, 5.41) is 11.1. The van der Waals surface area contributed by atoms with Gasteiger partial charge in [-0.15, -0.1) is 0 Å². The first-order valence-corrected chi connectivity index (χ1v) is 50.3.